The number of nitrogens with one attached hydrogen (secondary N) is 3. The van der Waals surface area contributed by atoms with Crippen LogP contribution >= 0.6 is 0 Å². The summed E-state index contributed by atoms with van der Waals surface area (Å²) in [6.45, 7) is 6.78. The first-order valence-corrected chi connectivity index (χ1v) is 14.9. The minimum absolute atomic E-state index is 0.0140. The molecule has 0 aromatic carbocycles. The SMILES string of the molecule is CCCCCCCCC(=O)NCCCNCCCNC(=O)CCC(=O)N(CCCN=C(N)N)CCCN=C(N)N. The van der Waals surface area contributed by atoms with Gasteiger partial charge in [-0.15, -0.1) is 0 Å². The summed E-state index contributed by atoms with van der Waals surface area (Å²) in [6, 6.07) is 0. The molecule has 0 aliphatic rings. The first-order valence-electron chi connectivity index (χ1n) is 14.9. The molecule has 0 aromatic rings. The van der Waals surface area contributed by atoms with Crippen LogP contribution in [0.1, 0.15) is 90.4 Å². The zero-order valence-electron chi connectivity index (χ0n) is 24.7. The number of nitrogens with zero attached hydrogens (tertiary/aromatic N) is 3. The van der Waals surface area contributed by atoms with E-state index in [9.17, 15) is 14.4 Å². The minimum Gasteiger partial charge on any atom is -0.370 e. The summed E-state index contributed by atoms with van der Waals surface area (Å²) in [7, 11) is 0. The van der Waals surface area contributed by atoms with Gasteiger partial charge < -0.3 is 43.8 Å². The fourth-order valence-electron chi connectivity index (χ4n) is 3.93. The van der Waals surface area contributed by atoms with Crippen LogP contribution in [0.3, 0.4) is 0 Å². The number of hydrogen-bond donors (Lipinski definition) is 7. The fraction of sp³-hybridized carbons (Fsp3) is 0.815. The molecule has 0 heterocycles. The third-order valence-electron chi connectivity index (χ3n) is 6.14. The minimum atomic E-state index is -0.151. The maximum absolute atomic E-state index is 12.7. The molecule has 0 bridgehead atoms. The number of nitrogens with two attached hydrogens (primary N) is 4. The third-order valence-corrected chi connectivity index (χ3v) is 6.14. The van der Waals surface area contributed by atoms with Gasteiger partial charge in [0, 0.05) is 58.5 Å². The molecule has 0 fully saturated rings. The maximum Gasteiger partial charge on any atom is 0.223 e. The van der Waals surface area contributed by atoms with E-state index in [0.717, 1.165) is 38.8 Å². The zero-order chi connectivity index (χ0) is 29.8. The lowest BCUT2D eigenvalue weighted by atomic mass is 10.1. The van der Waals surface area contributed by atoms with E-state index in [4.69, 9.17) is 22.9 Å². The Morgan fingerprint density at radius 2 is 1.10 bits per heavy atom. The van der Waals surface area contributed by atoms with Crippen LogP contribution < -0.4 is 38.9 Å². The summed E-state index contributed by atoms with van der Waals surface area (Å²) < 4.78 is 0. The standard InChI is InChI=1S/C27H56N10O3/c1-2-3-4-5-6-7-12-23(38)33-17-8-15-32-16-9-18-34-24(39)13-14-25(40)37(21-10-19-35-26(28)29)22-11-20-36-27(30)31/h32H,2-22H2,1H3,(H,33,38)(H,34,39)(H4,28,29,35)(H4,30,31,36). The highest BCUT2D eigenvalue weighted by Gasteiger charge is 2.14. The number of carbonyl (C=O) groups excluding carboxylic acids is 3. The van der Waals surface area contributed by atoms with Crippen LogP contribution in [0.4, 0.5) is 0 Å². The molecule has 0 rings (SSSR count). The summed E-state index contributed by atoms with van der Waals surface area (Å²) in [5.74, 6) is -0.0930. The van der Waals surface area contributed by atoms with Gasteiger partial charge in [-0.05, 0) is 45.2 Å². The molecule has 0 saturated heterocycles. The first kappa shape index (κ1) is 36.9. The average molecular weight is 569 g/mol. The number of aliphatic imine (C=N–C) groups is 2. The predicted octanol–water partition coefficient (Wildman–Crippen LogP) is 0.275. The molecule has 11 N–H and O–H groups in total. The monoisotopic (exact) mass is 568 g/mol. The van der Waals surface area contributed by atoms with Crippen molar-refractivity contribution in [2.24, 2.45) is 32.9 Å². The van der Waals surface area contributed by atoms with Gasteiger partial charge in [0.2, 0.25) is 17.7 Å². The summed E-state index contributed by atoms with van der Waals surface area (Å²) in [5.41, 5.74) is 21.4. The van der Waals surface area contributed by atoms with E-state index in [1.165, 1.54) is 25.7 Å². The molecule has 0 unspecified atom stereocenters. The Morgan fingerprint density at radius 3 is 1.62 bits per heavy atom. The van der Waals surface area contributed by atoms with Crippen molar-refractivity contribution in [2.75, 3.05) is 52.4 Å². The van der Waals surface area contributed by atoms with Gasteiger partial charge in [-0.3, -0.25) is 24.4 Å². The molecule has 232 valence electrons. The number of unbranched alkanes of at least 4 members (excludes halogenated alkanes) is 5. The van der Waals surface area contributed by atoms with E-state index in [1.54, 1.807) is 4.90 Å². The lowest BCUT2D eigenvalue weighted by Gasteiger charge is -2.22. The molecule has 0 spiro atoms. The number of carbonyl (C=O) groups is 3. The Hall–Kier alpha value is -3.09. The number of rotatable bonds is 26. The summed E-state index contributed by atoms with van der Waals surface area (Å²) in [5, 5.41) is 9.15. The third kappa shape index (κ3) is 25.2. The van der Waals surface area contributed by atoms with Crippen molar-refractivity contribution in [1.82, 2.24) is 20.9 Å². The highest BCUT2D eigenvalue weighted by molar-refractivity contribution is 5.83. The molecule has 3 amide bonds. The highest BCUT2D eigenvalue weighted by Crippen LogP contribution is 2.06. The van der Waals surface area contributed by atoms with E-state index < -0.39 is 0 Å². The van der Waals surface area contributed by atoms with E-state index >= 15 is 0 Å². The number of amides is 3. The Bertz CT molecular complexity index is 714. The van der Waals surface area contributed by atoms with Crippen LogP contribution in [0.25, 0.3) is 0 Å². The normalized spacial score (nSPS) is 10.5. The Labute approximate surface area is 240 Å². The van der Waals surface area contributed by atoms with Crippen LogP contribution in [0.2, 0.25) is 0 Å². The van der Waals surface area contributed by atoms with Crippen molar-refractivity contribution in [3.8, 4) is 0 Å². The van der Waals surface area contributed by atoms with Gasteiger partial charge in [-0.1, -0.05) is 39.0 Å². The molecule has 0 radical (unpaired) electrons. The largest absolute Gasteiger partial charge is 0.370 e. The van der Waals surface area contributed by atoms with Crippen LogP contribution in [0.15, 0.2) is 9.98 Å². The first-order chi connectivity index (χ1) is 19.3. The van der Waals surface area contributed by atoms with Gasteiger partial charge >= 0.3 is 0 Å². The second-order valence-electron chi connectivity index (χ2n) is 9.88. The molecule has 0 aromatic heterocycles. The van der Waals surface area contributed by atoms with Crippen molar-refractivity contribution >= 4 is 29.6 Å². The highest BCUT2D eigenvalue weighted by atomic mass is 16.2. The quantitative estimate of drug-likeness (QED) is 0.0435. The molecule has 40 heavy (non-hydrogen) atoms. The van der Waals surface area contributed by atoms with Crippen molar-refractivity contribution in [3.63, 3.8) is 0 Å². The van der Waals surface area contributed by atoms with Crippen LogP contribution in [-0.4, -0.2) is 86.9 Å². The van der Waals surface area contributed by atoms with Gasteiger partial charge in [0.25, 0.3) is 0 Å². The van der Waals surface area contributed by atoms with E-state index in [1.807, 2.05) is 0 Å². The molecule has 0 aliphatic heterocycles. The van der Waals surface area contributed by atoms with E-state index in [0.29, 0.717) is 58.5 Å². The van der Waals surface area contributed by atoms with Gasteiger partial charge in [-0.2, -0.15) is 0 Å². The fourth-order valence-corrected chi connectivity index (χ4v) is 3.93. The maximum atomic E-state index is 12.7. The zero-order valence-corrected chi connectivity index (χ0v) is 24.7. The second-order valence-corrected chi connectivity index (χ2v) is 9.88. The topological polar surface area (TPSA) is 219 Å². The van der Waals surface area contributed by atoms with Gasteiger partial charge in [0.1, 0.15) is 0 Å². The van der Waals surface area contributed by atoms with Crippen LogP contribution in [0.5, 0.6) is 0 Å². The smallest absolute Gasteiger partial charge is 0.223 e. The second kappa shape index (κ2) is 26.1. The molecule has 0 aliphatic carbocycles. The Morgan fingerprint density at radius 1 is 0.600 bits per heavy atom. The molecular weight excluding hydrogens is 512 g/mol. The lowest BCUT2D eigenvalue weighted by molar-refractivity contribution is -0.133. The van der Waals surface area contributed by atoms with Crippen molar-refractivity contribution in [2.45, 2.75) is 90.4 Å². The molecular formula is C27H56N10O3. The summed E-state index contributed by atoms with van der Waals surface area (Å²) >= 11 is 0. The summed E-state index contributed by atoms with van der Waals surface area (Å²) in [4.78, 5) is 46.3. The van der Waals surface area contributed by atoms with E-state index in [-0.39, 0.29) is 42.5 Å². The van der Waals surface area contributed by atoms with Crippen LogP contribution in [-0.2, 0) is 14.4 Å². The van der Waals surface area contributed by atoms with Crippen LogP contribution in [0, 0.1) is 0 Å². The van der Waals surface area contributed by atoms with E-state index in [2.05, 4.69) is 32.9 Å². The molecule has 0 atom stereocenters. The number of hydrogen-bond acceptors (Lipinski definition) is 6. The van der Waals surface area contributed by atoms with Gasteiger partial charge in [-0.25, -0.2) is 0 Å². The van der Waals surface area contributed by atoms with Crippen molar-refractivity contribution < 1.29 is 14.4 Å². The Kier molecular flexibility index (Phi) is 24.1. The molecule has 13 heteroatoms. The average Bonchev–Trinajstić information content (AvgIpc) is 2.91. The van der Waals surface area contributed by atoms with Gasteiger partial charge in [0.05, 0.1) is 0 Å². The Balaban J connectivity index is 3.93. The molecule has 13 nitrogen and oxygen atoms in total. The summed E-state index contributed by atoms with van der Waals surface area (Å²) in [6.07, 6.45) is 10.8. The lowest BCUT2D eigenvalue weighted by Crippen LogP contribution is -2.35. The van der Waals surface area contributed by atoms with Crippen molar-refractivity contribution in [1.29, 1.82) is 0 Å². The molecule has 0 saturated carbocycles. The van der Waals surface area contributed by atoms with Crippen molar-refractivity contribution in [3.05, 3.63) is 0 Å². The number of guanidine groups is 2. The predicted molar refractivity (Wildman–Crippen MR) is 163 cm³/mol. The van der Waals surface area contributed by atoms with Gasteiger partial charge in [0.15, 0.2) is 11.9 Å².